The van der Waals surface area contributed by atoms with Crippen LogP contribution in [-0.2, 0) is 0 Å². The quantitative estimate of drug-likeness (QED) is 0.202. The van der Waals surface area contributed by atoms with Crippen molar-refractivity contribution in [2.75, 3.05) is 0 Å². The fourth-order valence-electron chi connectivity index (χ4n) is 10.9. The number of aromatic nitrogens is 5. The largest absolute Gasteiger partial charge is 0.509 e. The molecule has 13 aromatic rings. The fourth-order valence-corrected chi connectivity index (χ4v) is 10.9. The second kappa shape index (κ2) is 18.1. The third-order valence-corrected chi connectivity index (χ3v) is 14.9. The number of phenols is 1. The lowest BCUT2D eigenvalue weighted by Crippen LogP contribution is -2.46. The Kier molecular flexibility index (Phi) is 11.2. The van der Waals surface area contributed by atoms with Gasteiger partial charge in [-0.1, -0.05) is 173 Å². The van der Waals surface area contributed by atoms with Gasteiger partial charge >= 0.3 is 0 Å². The highest BCUT2D eigenvalue weighted by molar-refractivity contribution is 6.63. The van der Waals surface area contributed by atoms with Crippen molar-refractivity contribution in [3.8, 4) is 73.5 Å². The zero-order chi connectivity index (χ0) is 52.3. The van der Waals surface area contributed by atoms with Crippen LogP contribution in [-0.4, -0.2) is 92.0 Å². The summed E-state index contributed by atoms with van der Waals surface area (Å²) < 4.78 is 4.31. The van der Waals surface area contributed by atoms with Gasteiger partial charge < -0.3 is 9.67 Å². The molecule has 1 N–H and O–H groups in total. The van der Waals surface area contributed by atoms with Gasteiger partial charge in [0.2, 0.25) is 5.95 Å². The van der Waals surface area contributed by atoms with Crippen LogP contribution in [0.5, 0.6) is 5.75 Å². The summed E-state index contributed by atoms with van der Waals surface area (Å²) in [4.78, 5) is 16.0. The second-order valence-electron chi connectivity index (χ2n) is 19.1. The molecule has 6 nitrogen and oxygen atoms in total. The van der Waals surface area contributed by atoms with E-state index in [1.165, 1.54) is 5.39 Å². The number of aromatic hydroxyl groups is 1. The summed E-state index contributed by atoms with van der Waals surface area (Å²) in [5, 5.41) is 17.3. The average molecular weight is 950 g/mol. The lowest BCUT2D eigenvalue weighted by atomic mass is 9.63. The molecule has 0 unspecified atom stereocenters. The molecule has 16 radical (unpaired) electrons. The van der Waals surface area contributed by atoms with Crippen LogP contribution in [0.25, 0.3) is 122 Å². The number of rotatable bonds is 7. The number of benzene rings is 10. The highest BCUT2D eigenvalue weighted by Crippen LogP contribution is 2.44. The van der Waals surface area contributed by atoms with Crippen molar-refractivity contribution < 1.29 is 5.11 Å². The van der Waals surface area contributed by atoms with Crippen LogP contribution in [0, 0.1) is 6.92 Å². The zero-order valence-electron chi connectivity index (χ0n) is 41.0. The molecule has 0 aliphatic heterocycles. The Morgan fingerprint density at radius 1 is 0.368 bits per heavy atom. The lowest BCUT2D eigenvalue weighted by molar-refractivity contribution is 0.484. The minimum absolute atomic E-state index is 0.00200. The molecule has 0 aliphatic carbocycles. The molecule has 0 atom stereocenters. The van der Waals surface area contributed by atoms with Gasteiger partial charge in [0.1, 0.15) is 68.5 Å². The highest BCUT2D eigenvalue weighted by atomic mass is 16.3. The van der Waals surface area contributed by atoms with Gasteiger partial charge in [-0.3, -0.25) is 4.57 Å². The van der Waals surface area contributed by atoms with Crippen molar-refractivity contribution in [2.24, 2.45) is 0 Å². The molecule has 10 aromatic carbocycles. The predicted octanol–water partition coefficient (Wildman–Crippen LogP) is 5.92. The Morgan fingerprint density at radius 3 is 1.64 bits per heavy atom. The standard InChI is InChI=1S/C62H33B8N5O/c1-31-49(63)48(52(66)54(68)50(31)64)43-25-24-37(47-51(65)55(69)56(70)59(76)53(47)67)30-46(43)74-44-20-9-7-18-39(44)41-26-27-42-40-19-8-10-21-45(40)75(58(42)57(41)74)62-72-60(33-13-3-2-4-14-33)71-61(73-62)38-17-11-16-35(29-38)36-23-22-32-12-5-6-15-34(32)28-36/h2-30,76H,1H3. The molecule has 0 spiro atoms. The molecule has 0 bridgehead atoms. The van der Waals surface area contributed by atoms with Gasteiger partial charge in [-0.15, -0.1) is 16.4 Å². The second-order valence-corrected chi connectivity index (χ2v) is 19.1. The average Bonchev–Trinajstić information content (AvgIpc) is 4.19. The smallest absolute Gasteiger partial charge is 0.238 e. The molecule has 14 heteroatoms. The van der Waals surface area contributed by atoms with E-state index in [9.17, 15) is 5.11 Å². The molecule has 0 amide bonds. The van der Waals surface area contributed by atoms with Gasteiger partial charge in [0.05, 0.1) is 27.8 Å². The number of nitrogens with zero attached hydrogens (tertiary/aromatic N) is 5. The van der Waals surface area contributed by atoms with E-state index in [0.29, 0.717) is 62.0 Å². The third-order valence-electron chi connectivity index (χ3n) is 14.9. The van der Waals surface area contributed by atoms with Crippen LogP contribution in [0.3, 0.4) is 0 Å². The molecular weight excluding hydrogens is 917 g/mol. The third kappa shape index (κ3) is 7.25. The molecule has 0 saturated carbocycles. The number of hydrogen-bond acceptors (Lipinski definition) is 4. The van der Waals surface area contributed by atoms with Crippen LogP contribution < -0.4 is 43.7 Å². The van der Waals surface area contributed by atoms with Gasteiger partial charge in [0.15, 0.2) is 11.6 Å². The van der Waals surface area contributed by atoms with Crippen molar-refractivity contribution in [3.63, 3.8) is 0 Å². The first-order chi connectivity index (χ1) is 36.9. The van der Waals surface area contributed by atoms with E-state index < -0.39 is 0 Å². The number of para-hydroxylation sites is 2. The maximum absolute atomic E-state index is 11.2. The SMILES string of the molecule is [B]c1c([B])c(O)c([B])c(-c2ccc(-c3c([B])c([B])c([B])c(C)c3[B])c(-n3c4ccccc4c4ccc5c6ccccc6n(-c6nc(-c7ccccc7)nc(-c7cccc(-c8ccc9ccccc9c8)c7)n6)c5c43)c2)c1[B]. The van der Waals surface area contributed by atoms with E-state index in [-0.39, 0.29) is 38.5 Å². The van der Waals surface area contributed by atoms with E-state index in [1.54, 1.807) is 0 Å². The van der Waals surface area contributed by atoms with E-state index in [0.717, 1.165) is 71.3 Å². The first-order valence-electron chi connectivity index (χ1n) is 24.6. The van der Waals surface area contributed by atoms with Gasteiger partial charge in [0.25, 0.3) is 0 Å². The summed E-state index contributed by atoms with van der Waals surface area (Å²) in [5.74, 6) is 1.00. The molecule has 3 aromatic heterocycles. The highest BCUT2D eigenvalue weighted by Gasteiger charge is 2.27. The Bertz CT molecular complexity index is 4550. The summed E-state index contributed by atoms with van der Waals surface area (Å²) in [7, 11) is 53.4. The number of hydrogen-bond donors (Lipinski definition) is 1. The molecule has 3 heterocycles. The fraction of sp³-hybridized carbons (Fsp3) is 0.0161. The summed E-state index contributed by atoms with van der Waals surface area (Å²) in [6.07, 6.45) is 0. The molecule has 0 fully saturated rings. The monoisotopic (exact) mass is 951 g/mol. The first kappa shape index (κ1) is 47.1. The first-order valence-corrected chi connectivity index (χ1v) is 24.6. The Labute approximate surface area is 449 Å². The molecule has 0 saturated heterocycles. The normalized spacial score (nSPS) is 11.7. The number of fused-ring (bicyclic) bond motifs is 8. The zero-order valence-corrected chi connectivity index (χ0v) is 41.0. The lowest BCUT2D eigenvalue weighted by Gasteiger charge is -2.25. The molecule has 13 rings (SSSR count). The van der Waals surface area contributed by atoms with E-state index in [2.05, 4.69) is 94.1 Å². The van der Waals surface area contributed by atoms with Crippen LogP contribution in [0.4, 0.5) is 0 Å². The van der Waals surface area contributed by atoms with Gasteiger partial charge in [0, 0.05) is 38.2 Å². The summed E-state index contributed by atoms with van der Waals surface area (Å²) in [6, 6.07) is 59.4. The molecule has 336 valence electrons. The van der Waals surface area contributed by atoms with Gasteiger partial charge in [-0.05, 0) is 81.3 Å². The van der Waals surface area contributed by atoms with Gasteiger partial charge in [-0.2, -0.15) is 9.97 Å². The minimum Gasteiger partial charge on any atom is -0.509 e. The van der Waals surface area contributed by atoms with Crippen molar-refractivity contribution in [3.05, 3.63) is 181 Å². The van der Waals surface area contributed by atoms with Crippen molar-refractivity contribution in [2.45, 2.75) is 6.92 Å². The van der Waals surface area contributed by atoms with E-state index in [1.807, 2.05) is 97.9 Å². The van der Waals surface area contributed by atoms with Crippen LogP contribution in [0.15, 0.2) is 176 Å². The van der Waals surface area contributed by atoms with E-state index in [4.69, 9.17) is 77.7 Å². The summed E-state index contributed by atoms with van der Waals surface area (Å²) in [5.41, 5.74) is 11.1. The van der Waals surface area contributed by atoms with Crippen LogP contribution in [0.1, 0.15) is 5.56 Å². The van der Waals surface area contributed by atoms with Crippen molar-refractivity contribution in [1.29, 1.82) is 0 Å². The Hall–Kier alpha value is -8.61. The molecular formula is C62H33B8N5O. The topological polar surface area (TPSA) is 68.8 Å². The number of phenolic OH excluding ortho intramolecular Hbond substituents is 1. The van der Waals surface area contributed by atoms with Crippen molar-refractivity contribution in [1.82, 2.24) is 24.1 Å². The van der Waals surface area contributed by atoms with Crippen LogP contribution >= 0.6 is 0 Å². The Morgan fingerprint density at radius 2 is 0.921 bits per heavy atom. The maximum atomic E-state index is 11.2. The summed E-state index contributed by atoms with van der Waals surface area (Å²) >= 11 is 0. The van der Waals surface area contributed by atoms with Crippen molar-refractivity contribution >= 4 is 161 Å². The van der Waals surface area contributed by atoms with E-state index >= 15 is 0 Å². The predicted molar refractivity (Wildman–Crippen MR) is 323 cm³/mol. The molecule has 0 aliphatic rings. The van der Waals surface area contributed by atoms with Crippen LogP contribution in [0.2, 0.25) is 0 Å². The maximum Gasteiger partial charge on any atom is 0.238 e. The molecule has 76 heavy (non-hydrogen) atoms. The summed E-state index contributed by atoms with van der Waals surface area (Å²) in [6.45, 7) is 1.81. The van der Waals surface area contributed by atoms with Gasteiger partial charge in [-0.25, -0.2) is 4.98 Å². The Balaban J connectivity index is 1.16. The minimum atomic E-state index is -0.377.